The van der Waals surface area contributed by atoms with Gasteiger partial charge in [0, 0.05) is 24.7 Å². The van der Waals surface area contributed by atoms with Gasteiger partial charge in [0.05, 0.1) is 5.69 Å². The third kappa shape index (κ3) is 4.34. The highest BCUT2D eigenvalue weighted by molar-refractivity contribution is 5.13. The maximum atomic E-state index is 4.68. The van der Waals surface area contributed by atoms with Crippen LogP contribution in [-0.4, -0.2) is 22.4 Å². The van der Waals surface area contributed by atoms with Crippen molar-refractivity contribution in [2.75, 3.05) is 6.54 Å². The van der Waals surface area contributed by atoms with Crippen LogP contribution in [0.3, 0.4) is 0 Å². The molecule has 0 saturated carbocycles. The molecule has 1 unspecified atom stereocenters. The fourth-order valence-corrected chi connectivity index (χ4v) is 2.52. The van der Waals surface area contributed by atoms with Crippen LogP contribution >= 0.6 is 0 Å². The summed E-state index contributed by atoms with van der Waals surface area (Å²) >= 11 is 0. The van der Waals surface area contributed by atoms with Crippen LogP contribution in [0.5, 0.6) is 0 Å². The second-order valence-electron chi connectivity index (χ2n) is 6.35. The maximum absolute atomic E-state index is 4.68. The molecule has 116 valence electrons. The molecule has 1 rings (SSSR count). The fourth-order valence-electron chi connectivity index (χ4n) is 2.52. The molecule has 0 aliphatic carbocycles. The van der Waals surface area contributed by atoms with Crippen molar-refractivity contribution in [3.63, 3.8) is 0 Å². The molecule has 1 aromatic heterocycles. The second-order valence-corrected chi connectivity index (χ2v) is 6.35. The molecule has 0 spiro atoms. The van der Waals surface area contributed by atoms with Crippen LogP contribution in [0.4, 0.5) is 0 Å². The van der Waals surface area contributed by atoms with Gasteiger partial charge in [-0.15, -0.1) is 0 Å². The van der Waals surface area contributed by atoms with E-state index in [1.54, 1.807) is 0 Å². The number of aryl methyl sites for hydroxylation is 2. The maximum Gasteiger partial charge on any atom is 0.0624 e. The lowest BCUT2D eigenvalue weighted by Crippen LogP contribution is -2.44. The molecule has 0 aliphatic rings. The highest BCUT2D eigenvalue weighted by atomic mass is 15.3. The monoisotopic (exact) mass is 279 g/mol. The molecule has 0 fully saturated rings. The number of hydrogen-bond donors (Lipinski definition) is 1. The summed E-state index contributed by atoms with van der Waals surface area (Å²) in [5.74, 6) is 0. The molecule has 0 aromatic carbocycles. The molecule has 1 heterocycles. The summed E-state index contributed by atoms with van der Waals surface area (Å²) in [5, 5.41) is 8.42. The van der Waals surface area contributed by atoms with Crippen LogP contribution in [0.1, 0.15) is 65.8 Å². The Morgan fingerprint density at radius 3 is 2.45 bits per heavy atom. The van der Waals surface area contributed by atoms with Crippen molar-refractivity contribution in [1.82, 2.24) is 15.1 Å². The Morgan fingerprint density at radius 2 is 1.95 bits per heavy atom. The van der Waals surface area contributed by atoms with E-state index in [4.69, 9.17) is 0 Å². The summed E-state index contributed by atoms with van der Waals surface area (Å²) < 4.78 is 2.17. The highest BCUT2D eigenvalue weighted by Gasteiger charge is 2.28. The van der Waals surface area contributed by atoms with E-state index in [0.717, 1.165) is 25.9 Å². The van der Waals surface area contributed by atoms with Gasteiger partial charge in [0.2, 0.25) is 0 Å². The number of rotatable bonds is 9. The van der Waals surface area contributed by atoms with E-state index in [9.17, 15) is 0 Å². The standard InChI is InChI=1S/C17H33N3/c1-7-11-18-16(17(5,6)9-3)13-15-12-14(8-2)19-20(15)10-4/h12,16,18H,7-11,13H2,1-6H3. The van der Waals surface area contributed by atoms with Crippen molar-refractivity contribution in [1.29, 1.82) is 0 Å². The molecule has 1 N–H and O–H groups in total. The molecular weight excluding hydrogens is 246 g/mol. The first-order chi connectivity index (χ1) is 9.48. The van der Waals surface area contributed by atoms with Crippen molar-refractivity contribution < 1.29 is 0 Å². The summed E-state index contributed by atoms with van der Waals surface area (Å²) in [6.45, 7) is 15.7. The molecule has 3 heteroatoms. The lowest BCUT2D eigenvalue weighted by atomic mass is 9.79. The van der Waals surface area contributed by atoms with E-state index >= 15 is 0 Å². The number of nitrogens with zero attached hydrogens (tertiary/aromatic N) is 2. The molecule has 0 amide bonds. The van der Waals surface area contributed by atoms with Gasteiger partial charge in [0.1, 0.15) is 0 Å². The predicted molar refractivity (Wildman–Crippen MR) is 87.1 cm³/mol. The zero-order chi connectivity index (χ0) is 15.2. The van der Waals surface area contributed by atoms with Crippen LogP contribution in [0.25, 0.3) is 0 Å². The summed E-state index contributed by atoms with van der Waals surface area (Å²) in [4.78, 5) is 0. The molecule has 0 aliphatic heterocycles. The number of aromatic nitrogens is 2. The van der Waals surface area contributed by atoms with Crippen molar-refractivity contribution >= 4 is 0 Å². The van der Waals surface area contributed by atoms with E-state index in [1.807, 2.05) is 0 Å². The minimum Gasteiger partial charge on any atom is -0.313 e. The topological polar surface area (TPSA) is 29.9 Å². The van der Waals surface area contributed by atoms with Gasteiger partial charge in [-0.2, -0.15) is 5.10 Å². The Labute approximate surface area is 125 Å². The molecule has 1 atom stereocenters. The van der Waals surface area contributed by atoms with E-state index in [-0.39, 0.29) is 0 Å². The van der Waals surface area contributed by atoms with Crippen molar-refractivity contribution in [3.05, 3.63) is 17.5 Å². The van der Waals surface area contributed by atoms with Gasteiger partial charge in [-0.05, 0) is 44.2 Å². The van der Waals surface area contributed by atoms with Gasteiger partial charge < -0.3 is 5.32 Å². The van der Waals surface area contributed by atoms with E-state index in [1.165, 1.54) is 24.2 Å². The van der Waals surface area contributed by atoms with Gasteiger partial charge in [0.25, 0.3) is 0 Å². The minimum atomic E-state index is 0.310. The van der Waals surface area contributed by atoms with Gasteiger partial charge in [-0.3, -0.25) is 4.68 Å². The first-order valence-corrected chi connectivity index (χ1v) is 8.27. The Bertz CT molecular complexity index is 393. The van der Waals surface area contributed by atoms with E-state index in [2.05, 4.69) is 62.7 Å². The molecule has 0 radical (unpaired) electrons. The van der Waals surface area contributed by atoms with Crippen molar-refractivity contribution in [2.24, 2.45) is 5.41 Å². The average molecular weight is 279 g/mol. The number of nitrogens with one attached hydrogen (secondary N) is 1. The van der Waals surface area contributed by atoms with Crippen LogP contribution < -0.4 is 5.32 Å². The molecule has 0 saturated heterocycles. The molecule has 0 bridgehead atoms. The smallest absolute Gasteiger partial charge is 0.0624 e. The Morgan fingerprint density at radius 1 is 1.25 bits per heavy atom. The van der Waals surface area contributed by atoms with E-state index < -0.39 is 0 Å². The lowest BCUT2D eigenvalue weighted by molar-refractivity contribution is 0.227. The van der Waals surface area contributed by atoms with Gasteiger partial charge >= 0.3 is 0 Å². The Hall–Kier alpha value is -0.830. The highest BCUT2D eigenvalue weighted by Crippen LogP contribution is 2.27. The summed E-state index contributed by atoms with van der Waals surface area (Å²) in [5.41, 5.74) is 2.90. The first kappa shape index (κ1) is 17.2. The van der Waals surface area contributed by atoms with Gasteiger partial charge in [0.15, 0.2) is 0 Å². The largest absolute Gasteiger partial charge is 0.313 e. The number of hydrogen-bond acceptors (Lipinski definition) is 2. The third-order valence-electron chi connectivity index (χ3n) is 4.48. The normalized spacial score (nSPS) is 13.7. The SMILES string of the molecule is CCCNC(Cc1cc(CC)nn1CC)C(C)(C)CC. The van der Waals surface area contributed by atoms with Gasteiger partial charge in [-0.25, -0.2) is 0 Å². The second kappa shape index (κ2) is 7.82. The first-order valence-electron chi connectivity index (χ1n) is 8.27. The zero-order valence-corrected chi connectivity index (χ0v) is 14.3. The predicted octanol–water partition coefficient (Wildman–Crippen LogP) is 3.81. The van der Waals surface area contributed by atoms with Crippen LogP contribution in [0, 0.1) is 5.41 Å². The molecule has 1 aromatic rings. The van der Waals surface area contributed by atoms with Crippen LogP contribution in [0.15, 0.2) is 6.07 Å². The quantitative estimate of drug-likeness (QED) is 0.745. The van der Waals surface area contributed by atoms with Crippen LogP contribution in [0.2, 0.25) is 0 Å². The van der Waals surface area contributed by atoms with Gasteiger partial charge in [-0.1, -0.05) is 34.6 Å². The Balaban J connectivity index is 2.90. The van der Waals surface area contributed by atoms with Crippen LogP contribution in [-0.2, 0) is 19.4 Å². The fraction of sp³-hybridized carbons (Fsp3) is 0.824. The van der Waals surface area contributed by atoms with Crippen molar-refractivity contribution in [2.45, 2.75) is 79.8 Å². The van der Waals surface area contributed by atoms with Crippen molar-refractivity contribution in [3.8, 4) is 0 Å². The van der Waals surface area contributed by atoms with E-state index in [0.29, 0.717) is 11.5 Å². The molecule has 20 heavy (non-hydrogen) atoms. The minimum absolute atomic E-state index is 0.310. The summed E-state index contributed by atoms with van der Waals surface area (Å²) in [7, 11) is 0. The molecule has 3 nitrogen and oxygen atoms in total. The average Bonchev–Trinajstić information content (AvgIpc) is 2.85. The third-order valence-corrected chi connectivity index (χ3v) is 4.48. The Kier molecular flexibility index (Phi) is 6.74. The summed E-state index contributed by atoms with van der Waals surface area (Å²) in [6, 6.07) is 2.80. The summed E-state index contributed by atoms with van der Waals surface area (Å²) in [6.07, 6.45) is 4.46. The lowest BCUT2D eigenvalue weighted by Gasteiger charge is -2.34. The molecular formula is C17H33N3. The zero-order valence-electron chi connectivity index (χ0n) is 14.3.